The van der Waals surface area contributed by atoms with E-state index in [1.165, 1.54) is 12.7 Å². The minimum Gasteiger partial charge on any atom is -0.467 e. The van der Waals surface area contributed by atoms with E-state index < -0.39 is 18.6 Å². The second-order valence-corrected chi connectivity index (χ2v) is 4.91. The van der Waals surface area contributed by atoms with Crippen LogP contribution in [-0.2, 0) is 20.7 Å². The molecule has 0 radical (unpaired) electrons. The lowest BCUT2D eigenvalue weighted by molar-refractivity contribution is -0.146. The van der Waals surface area contributed by atoms with Gasteiger partial charge in [-0.15, -0.1) is 0 Å². The monoisotopic (exact) mass is 277 g/mol. The van der Waals surface area contributed by atoms with E-state index in [4.69, 9.17) is 5.11 Å². The number of ether oxygens (including phenoxy) is 1. The molecule has 0 heterocycles. The molecule has 0 aliphatic heterocycles. The Morgan fingerprint density at radius 1 is 1.45 bits per heavy atom. The van der Waals surface area contributed by atoms with E-state index in [1.807, 2.05) is 24.3 Å². The van der Waals surface area contributed by atoms with Gasteiger partial charge in [0.15, 0.2) is 6.04 Å². The molecule has 108 valence electrons. The molecular weight excluding hydrogens is 258 g/mol. The van der Waals surface area contributed by atoms with Crippen molar-refractivity contribution in [3.8, 4) is 0 Å². The van der Waals surface area contributed by atoms with Crippen LogP contribution in [0.2, 0.25) is 0 Å². The van der Waals surface area contributed by atoms with Crippen LogP contribution in [0.15, 0.2) is 24.3 Å². The molecular formula is C15H19NO4. The van der Waals surface area contributed by atoms with Gasteiger partial charge in [0, 0.05) is 0 Å². The van der Waals surface area contributed by atoms with Crippen LogP contribution in [0, 0.1) is 0 Å². The molecule has 1 aliphatic carbocycles. The van der Waals surface area contributed by atoms with Gasteiger partial charge in [-0.2, -0.15) is 0 Å². The Morgan fingerprint density at radius 2 is 2.20 bits per heavy atom. The van der Waals surface area contributed by atoms with Crippen LogP contribution in [-0.4, -0.2) is 36.7 Å². The average molecular weight is 277 g/mol. The summed E-state index contributed by atoms with van der Waals surface area (Å²) in [7, 11) is 1.23. The van der Waals surface area contributed by atoms with Gasteiger partial charge in [0.05, 0.1) is 19.6 Å². The highest BCUT2D eigenvalue weighted by molar-refractivity contribution is 5.89. The summed E-state index contributed by atoms with van der Waals surface area (Å²) >= 11 is 0. The molecule has 0 aromatic heterocycles. The number of aliphatic hydroxyl groups excluding tert-OH is 1. The number of carbonyl (C=O) groups is 2. The number of aliphatic hydroxyl groups is 1. The van der Waals surface area contributed by atoms with Gasteiger partial charge in [-0.25, -0.2) is 4.79 Å². The normalized spacial score (nSPS) is 18.8. The van der Waals surface area contributed by atoms with Crippen LogP contribution in [0.4, 0.5) is 0 Å². The highest BCUT2D eigenvalue weighted by Gasteiger charge is 2.29. The number of hydrogen-bond donors (Lipinski definition) is 2. The number of rotatable bonds is 4. The summed E-state index contributed by atoms with van der Waals surface area (Å²) in [4.78, 5) is 23.7. The lowest BCUT2D eigenvalue weighted by Crippen LogP contribution is -2.46. The summed E-state index contributed by atoms with van der Waals surface area (Å²) in [6.45, 7) is -0.465. The molecule has 1 amide bonds. The molecule has 1 aromatic carbocycles. The van der Waals surface area contributed by atoms with Crippen molar-refractivity contribution < 1.29 is 19.4 Å². The fourth-order valence-corrected chi connectivity index (χ4v) is 2.62. The molecule has 0 saturated carbocycles. The Bertz CT molecular complexity index is 500. The number of carbonyl (C=O) groups excluding carboxylic acids is 2. The molecule has 0 bridgehead atoms. The van der Waals surface area contributed by atoms with Crippen LogP contribution in [0.5, 0.6) is 0 Å². The zero-order valence-corrected chi connectivity index (χ0v) is 11.5. The maximum Gasteiger partial charge on any atom is 0.330 e. The van der Waals surface area contributed by atoms with Crippen molar-refractivity contribution in [1.29, 1.82) is 0 Å². The second kappa shape index (κ2) is 6.52. The maximum atomic E-state index is 12.3. The van der Waals surface area contributed by atoms with Crippen molar-refractivity contribution in [3.05, 3.63) is 35.4 Å². The Kier molecular flexibility index (Phi) is 4.74. The topological polar surface area (TPSA) is 75.6 Å². The first kappa shape index (κ1) is 14.5. The van der Waals surface area contributed by atoms with Gasteiger partial charge >= 0.3 is 5.97 Å². The number of amides is 1. The van der Waals surface area contributed by atoms with Gasteiger partial charge in [-0.05, 0) is 30.4 Å². The van der Waals surface area contributed by atoms with Crippen LogP contribution in [0.25, 0.3) is 0 Å². The standard InChI is InChI=1S/C15H19NO4/c1-20-15(19)13(9-17)16-14(18)12-8-4-6-10-5-2-3-7-11(10)12/h2-3,5,7,12-13,17H,4,6,8-9H2,1H3,(H,16,18). The van der Waals surface area contributed by atoms with E-state index in [0.717, 1.165) is 24.8 Å². The van der Waals surface area contributed by atoms with Gasteiger partial charge < -0.3 is 15.2 Å². The number of benzene rings is 1. The largest absolute Gasteiger partial charge is 0.467 e. The van der Waals surface area contributed by atoms with E-state index in [1.54, 1.807) is 0 Å². The molecule has 2 atom stereocenters. The fourth-order valence-electron chi connectivity index (χ4n) is 2.62. The highest BCUT2D eigenvalue weighted by Crippen LogP contribution is 2.31. The third kappa shape index (κ3) is 2.99. The molecule has 0 saturated heterocycles. The predicted molar refractivity (Wildman–Crippen MR) is 73.2 cm³/mol. The van der Waals surface area contributed by atoms with Crippen molar-refractivity contribution in [3.63, 3.8) is 0 Å². The smallest absolute Gasteiger partial charge is 0.330 e. The first-order valence-corrected chi connectivity index (χ1v) is 6.74. The van der Waals surface area contributed by atoms with Gasteiger partial charge in [-0.3, -0.25) is 4.79 Å². The summed E-state index contributed by atoms with van der Waals surface area (Å²) in [6.07, 6.45) is 2.67. The van der Waals surface area contributed by atoms with Crippen molar-refractivity contribution in [2.75, 3.05) is 13.7 Å². The molecule has 20 heavy (non-hydrogen) atoms. The predicted octanol–water partition coefficient (Wildman–Crippen LogP) is 0.757. The van der Waals surface area contributed by atoms with Crippen LogP contribution in [0.3, 0.4) is 0 Å². The molecule has 2 unspecified atom stereocenters. The van der Waals surface area contributed by atoms with Crippen molar-refractivity contribution in [2.45, 2.75) is 31.2 Å². The van der Waals surface area contributed by atoms with E-state index in [0.29, 0.717) is 0 Å². The van der Waals surface area contributed by atoms with Gasteiger partial charge in [0.25, 0.3) is 0 Å². The van der Waals surface area contributed by atoms with Crippen molar-refractivity contribution >= 4 is 11.9 Å². The SMILES string of the molecule is COC(=O)C(CO)NC(=O)C1CCCc2ccccc21. The number of methoxy groups -OCH3 is 1. The Balaban J connectivity index is 2.12. The Labute approximate surface area is 117 Å². The van der Waals surface area contributed by atoms with Gasteiger partial charge in [-0.1, -0.05) is 24.3 Å². The summed E-state index contributed by atoms with van der Waals surface area (Å²) < 4.78 is 4.55. The lowest BCUT2D eigenvalue weighted by Gasteiger charge is -2.26. The van der Waals surface area contributed by atoms with Crippen molar-refractivity contribution in [1.82, 2.24) is 5.32 Å². The van der Waals surface area contributed by atoms with E-state index in [-0.39, 0.29) is 11.8 Å². The van der Waals surface area contributed by atoms with E-state index in [9.17, 15) is 9.59 Å². The maximum absolute atomic E-state index is 12.3. The quantitative estimate of drug-likeness (QED) is 0.797. The molecule has 2 N–H and O–H groups in total. The molecule has 1 aliphatic rings. The fraction of sp³-hybridized carbons (Fsp3) is 0.467. The van der Waals surface area contributed by atoms with Crippen LogP contribution in [0.1, 0.15) is 29.9 Å². The summed E-state index contributed by atoms with van der Waals surface area (Å²) in [5, 5.41) is 11.7. The number of nitrogens with one attached hydrogen (secondary N) is 1. The third-order valence-corrected chi connectivity index (χ3v) is 3.67. The Morgan fingerprint density at radius 3 is 2.90 bits per heavy atom. The lowest BCUT2D eigenvalue weighted by atomic mass is 9.82. The number of aryl methyl sites for hydroxylation is 1. The Hall–Kier alpha value is -1.88. The van der Waals surface area contributed by atoms with Crippen LogP contribution < -0.4 is 5.32 Å². The molecule has 0 fully saturated rings. The first-order valence-electron chi connectivity index (χ1n) is 6.74. The second-order valence-electron chi connectivity index (χ2n) is 4.91. The molecule has 0 spiro atoms. The zero-order valence-electron chi connectivity index (χ0n) is 11.5. The summed E-state index contributed by atoms with van der Waals surface area (Å²) in [5.74, 6) is -1.13. The number of esters is 1. The van der Waals surface area contributed by atoms with E-state index in [2.05, 4.69) is 10.1 Å². The number of fused-ring (bicyclic) bond motifs is 1. The summed E-state index contributed by atoms with van der Waals surface area (Å²) in [6, 6.07) is 6.85. The van der Waals surface area contributed by atoms with Crippen molar-refractivity contribution in [2.24, 2.45) is 0 Å². The van der Waals surface area contributed by atoms with Gasteiger partial charge in [0.1, 0.15) is 0 Å². The zero-order chi connectivity index (χ0) is 14.5. The molecule has 2 rings (SSSR count). The van der Waals surface area contributed by atoms with Crippen LogP contribution >= 0.6 is 0 Å². The number of hydrogen-bond acceptors (Lipinski definition) is 4. The average Bonchev–Trinajstić information content (AvgIpc) is 2.51. The molecule has 1 aromatic rings. The molecule has 5 heteroatoms. The minimum atomic E-state index is -0.999. The van der Waals surface area contributed by atoms with Gasteiger partial charge in [0.2, 0.25) is 5.91 Å². The van der Waals surface area contributed by atoms with E-state index >= 15 is 0 Å². The highest BCUT2D eigenvalue weighted by atomic mass is 16.5. The first-order chi connectivity index (χ1) is 9.67. The summed E-state index contributed by atoms with van der Waals surface area (Å²) in [5.41, 5.74) is 2.19. The third-order valence-electron chi connectivity index (χ3n) is 3.67. The molecule has 5 nitrogen and oxygen atoms in total. The minimum absolute atomic E-state index is 0.235.